The minimum Gasteiger partial charge on any atom is -0.327 e. The highest BCUT2D eigenvalue weighted by Gasteiger charge is 2.08. The van der Waals surface area contributed by atoms with E-state index in [4.69, 9.17) is 5.73 Å². The monoisotopic (exact) mass is 257 g/mol. The molecule has 0 aliphatic heterocycles. The zero-order valence-electron chi connectivity index (χ0n) is 11.3. The minimum absolute atomic E-state index is 0.00240. The fourth-order valence-electron chi connectivity index (χ4n) is 2.27. The van der Waals surface area contributed by atoms with Crippen molar-refractivity contribution < 1.29 is 4.39 Å². The molecule has 2 N–H and O–H groups in total. The van der Waals surface area contributed by atoms with Gasteiger partial charge in [-0.2, -0.15) is 0 Å². The highest BCUT2D eigenvalue weighted by atomic mass is 19.1. The zero-order chi connectivity index (χ0) is 13.7. The van der Waals surface area contributed by atoms with Crippen LogP contribution in [0.25, 0.3) is 0 Å². The molecule has 2 rings (SSSR count). The largest absolute Gasteiger partial charge is 0.327 e. The Hall–Kier alpha value is -1.67. The van der Waals surface area contributed by atoms with Gasteiger partial charge in [0.2, 0.25) is 0 Å². The lowest BCUT2D eigenvalue weighted by molar-refractivity contribution is 0.566. The molecule has 2 aromatic carbocycles. The molecule has 100 valence electrons. The molecule has 0 spiro atoms. The lowest BCUT2D eigenvalue weighted by Crippen LogP contribution is -2.24. The first-order valence-electron chi connectivity index (χ1n) is 6.69. The van der Waals surface area contributed by atoms with Gasteiger partial charge in [0.25, 0.3) is 0 Å². The Morgan fingerprint density at radius 2 is 1.89 bits per heavy atom. The highest BCUT2D eigenvalue weighted by Crippen LogP contribution is 2.12. The molecule has 0 heterocycles. The first kappa shape index (κ1) is 13.8. The molecule has 0 aromatic heterocycles. The number of halogens is 1. The van der Waals surface area contributed by atoms with Crippen molar-refractivity contribution in [3.8, 4) is 0 Å². The molecule has 1 unspecified atom stereocenters. The predicted molar refractivity (Wildman–Crippen MR) is 77.6 cm³/mol. The highest BCUT2D eigenvalue weighted by molar-refractivity contribution is 5.23. The molecule has 0 aliphatic rings. The van der Waals surface area contributed by atoms with Crippen LogP contribution in [0.4, 0.5) is 4.39 Å². The van der Waals surface area contributed by atoms with Crippen LogP contribution in [0.15, 0.2) is 48.5 Å². The van der Waals surface area contributed by atoms with Gasteiger partial charge in [-0.15, -0.1) is 0 Å². The summed E-state index contributed by atoms with van der Waals surface area (Å²) in [6.07, 6.45) is 2.41. The van der Waals surface area contributed by atoms with Crippen molar-refractivity contribution in [2.45, 2.75) is 32.2 Å². The minimum atomic E-state index is -0.159. The number of nitrogens with two attached hydrogens (primary N) is 1. The van der Waals surface area contributed by atoms with E-state index in [9.17, 15) is 4.39 Å². The van der Waals surface area contributed by atoms with Crippen LogP contribution in [0.1, 0.15) is 23.1 Å². The normalized spacial score (nSPS) is 12.4. The van der Waals surface area contributed by atoms with Gasteiger partial charge in [-0.25, -0.2) is 4.39 Å². The van der Waals surface area contributed by atoms with Crippen molar-refractivity contribution in [1.82, 2.24) is 0 Å². The standard InChI is InChI=1S/C17H20FN/c1-13-5-4-6-14(11-13)9-10-16(19)12-15-7-2-3-8-17(15)18/h2-8,11,16H,9-10,12,19H2,1H3. The second-order valence-electron chi connectivity index (χ2n) is 5.08. The van der Waals surface area contributed by atoms with Crippen LogP contribution in [-0.2, 0) is 12.8 Å². The molecule has 2 aromatic rings. The molecule has 0 amide bonds. The maximum absolute atomic E-state index is 13.5. The smallest absolute Gasteiger partial charge is 0.126 e. The second kappa shape index (κ2) is 6.48. The van der Waals surface area contributed by atoms with Crippen LogP contribution < -0.4 is 5.73 Å². The number of hydrogen-bond acceptors (Lipinski definition) is 1. The molecule has 0 bridgehead atoms. The Labute approximate surface area is 114 Å². The summed E-state index contributed by atoms with van der Waals surface area (Å²) >= 11 is 0. The third-order valence-corrected chi connectivity index (χ3v) is 3.33. The van der Waals surface area contributed by atoms with Gasteiger partial charge in [0.05, 0.1) is 0 Å². The van der Waals surface area contributed by atoms with Crippen molar-refractivity contribution in [2.24, 2.45) is 5.73 Å². The van der Waals surface area contributed by atoms with E-state index < -0.39 is 0 Å². The molecule has 2 heteroatoms. The Bertz CT molecular complexity index is 536. The van der Waals surface area contributed by atoms with Gasteiger partial charge in [0, 0.05) is 6.04 Å². The van der Waals surface area contributed by atoms with Gasteiger partial charge in [0.1, 0.15) is 5.82 Å². The van der Waals surface area contributed by atoms with Crippen molar-refractivity contribution in [3.63, 3.8) is 0 Å². The Morgan fingerprint density at radius 3 is 2.63 bits per heavy atom. The third-order valence-electron chi connectivity index (χ3n) is 3.33. The van der Waals surface area contributed by atoms with E-state index in [1.807, 2.05) is 12.1 Å². The molecule has 1 nitrogen and oxygen atoms in total. The van der Waals surface area contributed by atoms with E-state index in [0.29, 0.717) is 12.0 Å². The average molecular weight is 257 g/mol. The molecule has 0 radical (unpaired) electrons. The van der Waals surface area contributed by atoms with Crippen LogP contribution >= 0.6 is 0 Å². The summed E-state index contributed by atoms with van der Waals surface area (Å²) in [5.41, 5.74) is 9.36. The van der Waals surface area contributed by atoms with E-state index in [-0.39, 0.29) is 11.9 Å². The van der Waals surface area contributed by atoms with E-state index >= 15 is 0 Å². The Morgan fingerprint density at radius 1 is 1.11 bits per heavy atom. The fourth-order valence-corrected chi connectivity index (χ4v) is 2.27. The molecule has 0 fully saturated rings. The zero-order valence-corrected chi connectivity index (χ0v) is 11.3. The summed E-state index contributed by atoms with van der Waals surface area (Å²) in [4.78, 5) is 0. The summed E-state index contributed by atoms with van der Waals surface area (Å²) < 4.78 is 13.5. The van der Waals surface area contributed by atoms with Crippen LogP contribution in [0.3, 0.4) is 0 Å². The second-order valence-corrected chi connectivity index (χ2v) is 5.08. The van der Waals surface area contributed by atoms with E-state index in [1.54, 1.807) is 6.07 Å². The van der Waals surface area contributed by atoms with Crippen molar-refractivity contribution in [2.75, 3.05) is 0 Å². The molecule has 19 heavy (non-hydrogen) atoms. The van der Waals surface area contributed by atoms with Crippen LogP contribution in [-0.4, -0.2) is 6.04 Å². The van der Waals surface area contributed by atoms with Crippen LogP contribution in [0, 0.1) is 12.7 Å². The summed E-state index contributed by atoms with van der Waals surface area (Å²) in [5.74, 6) is -0.159. The van der Waals surface area contributed by atoms with Crippen LogP contribution in [0.5, 0.6) is 0 Å². The van der Waals surface area contributed by atoms with Gasteiger partial charge in [-0.05, 0) is 43.4 Å². The lowest BCUT2D eigenvalue weighted by atomic mass is 9.99. The molecular weight excluding hydrogens is 237 g/mol. The Balaban J connectivity index is 1.88. The molecule has 1 atom stereocenters. The fraction of sp³-hybridized carbons (Fsp3) is 0.294. The quantitative estimate of drug-likeness (QED) is 0.869. The number of benzene rings is 2. The van der Waals surface area contributed by atoms with Gasteiger partial charge in [-0.3, -0.25) is 0 Å². The van der Waals surface area contributed by atoms with Crippen LogP contribution in [0.2, 0.25) is 0 Å². The number of rotatable bonds is 5. The third kappa shape index (κ3) is 4.18. The van der Waals surface area contributed by atoms with Crippen molar-refractivity contribution in [3.05, 3.63) is 71.0 Å². The van der Waals surface area contributed by atoms with E-state index in [0.717, 1.165) is 12.8 Å². The number of aryl methyl sites for hydroxylation is 2. The summed E-state index contributed by atoms with van der Waals surface area (Å²) in [6.45, 7) is 2.09. The maximum atomic E-state index is 13.5. The SMILES string of the molecule is Cc1cccc(CCC(N)Cc2ccccc2F)c1. The van der Waals surface area contributed by atoms with Gasteiger partial charge in [-0.1, -0.05) is 48.0 Å². The van der Waals surface area contributed by atoms with E-state index in [2.05, 4.69) is 31.2 Å². The van der Waals surface area contributed by atoms with Gasteiger partial charge < -0.3 is 5.73 Å². The molecule has 0 saturated carbocycles. The molecule has 0 saturated heterocycles. The lowest BCUT2D eigenvalue weighted by Gasteiger charge is -2.12. The summed E-state index contributed by atoms with van der Waals surface area (Å²) in [5, 5.41) is 0. The average Bonchev–Trinajstić information content (AvgIpc) is 2.39. The molecular formula is C17H20FN. The number of hydrogen-bond donors (Lipinski definition) is 1. The summed E-state index contributed by atoms with van der Waals surface area (Å²) in [6, 6.07) is 15.3. The van der Waals surface area contributed by atoms with Crippen molar-refractivity contribution >= 4 is 0 Å². The maximum Gasteiger partial charge on any atom is 0.126 e. The van der Waals surface area contributed by atoms with Gasteiger partial charge in [0.15, 0.2) is 0 Å². The van der Waals surface area contributed by atoms with Gasteiger partial charge >= 0.3 is 0 Å². The first-order valence-corrected chi connectivity index (χ1v) is 6.69. The molecule has 0 aliphatic carbocycles. The van der Waals surface area contributed by atoms with Crippen molar-refractivity contribution in [1.29, 1.82) is 0 Å². The predicted octanol–water partition coefficient (Wildman–Crippen LogP) is 3.64. The Kier molecular flexibility index (Phi) is 4.69. The topological polar surface area (TPSA) is 26.0 Å². The summed E-state index contributed by atoms with van der Waals surface area (Å²) in [7, 11) is 0. The first-order chi connectivity index (χ1) is 9.15. The van der Waals surface area contributed by atoms with E-state index in [1.165, 1.54) is 17.2 Å².